The van der Waals surface area contributed by atoms with E-state index in [0.717, 1.165) is 19.6 Å². The van der Waals surface area contributed by atoms with Crippen LogP contribution in [0.1, 0.15) is 42.6 Å². The first-order valence-electron chi connectivity index (χ1n) is 6.81. The van der Waals surface area contributed by atoms with E-state index in [2.05, 4.69) is 10.3 Å². The van der Waals surface area contributed by atoms with Crippen molar-refractivity contribution in [2.75, 3.05) is 18.5 Å². The van der Waals surface area contributed by atoms with Crippen LogP contribution in [0.15, 0.2) is 18.2 Å². The summed E-state index contributed by atoms with van der Waals surface area (Å²) >= 11 is 0. The lowest BCUT2D eigenvalue weighted by Crippen LogP contribution is -2.12. The number of hydrogen-bond donors (Lipinski definition) is 2. The number of aromatic nitrogens is 1. The van der Waals surface area contributed by atoms with Gasteiger partial charge in [0, 0.05) is 13.2 Å². The molecular weight excluding hydrogens is 244 g/mol. The molecule has 1 aliphatic carbocycles. The SMILES string of the molecule is O=C(O)c1cccc(NCCCOC2CCCC2)n1. The van der Waals surface area contributed by atoms with Gasteiger partial charge in [0.25, 0.3) is 0 Å². The van der Waals surface area contributed by atoms with Gasteiger partial charge >= 0.3 is 5.97 Å². The molecule has 1 aromatic heterocycles. The van der Waals surface area contributed by atoms with Crippen molar-refractivity contribution in [2.24, 2.45) is 0 Å². The third-order valence-corrected chi connectivity index (χ3v) is 3.25. The van der Waals surface area contributed by atoms with Crippen molar-refractivity contribution in [3.05, 3.63) is 23.9 Å². The van der Waals surface area contributed by atoms with Gasteiger partial charge in [-0.1, -0.05) is 18.9 Å². The molecule has 0 bridgehead atoms. The van der Waals surface area contributed by atoms with Crippen molar-refractivity contribution < 1.29 is 14.6 Å². The smallest absolute Gasteiger partial charge is 0.354 e. The lowest BCUT2D eigenvalue weighted by atomic mass is 10.3. The third kappa shape index (κ3) is 4.52. The van der Waals surface area contributed by atoms with Crippen LogP contribution in [-0.4, -0.2) is 35.3 Å². The van der Waals surface area contributed by atoms with Gasteiger partial charge in [-0.2, -0.15) is 0 Å². The number of rotatable bonds is 7. The first-order valence-corrected chi connectivity index (χ1v) is 6.81. The maximum Gasteiger partial charge on any atom is 0.354 e. The predicted octanol–water partition coefficient (Wildman–Crippen LogP) is 2.54. The number of anilines is 1. The van der Waals surface area contributed by atoms with E-state index >= 15 is 0 Å². The topological polar surface area (TPSA) is 71.5 Å². The van der Waals surface area contributed by atoms with Gasteiger partial charge in [0.2, 0.25) is 0 Å². The molecule has 2 N–H and O–H groups in total. The molecule has 0 saturated heterocycles. The van der Waals surface area contributed by atoms with Crippen molar-refractivity contribution in [3.63, 3.8) is 0 Å². The maximum absolute atomic E-state index is 10.8. The van der Waals surface area contributed by atoms with E-state index in [1.165, 1.54) is 31.7 Å². The van der Waals surface area contributed by atoms with Gasteiger partial charge < -0.3 is 15.2 Å². The van der Waals surface area contributed by atoms with Gasteiger partial charge in [0.15, 0.2) is 5.69 Å². The fraction of sp³-hybridized carbons (Fsp3) is 0.571. The Balaban J connectivity index is 1.64. The summed E-state index contributed by atoms with van der Waals surface area (Å²) in [4.78, 5) is 14.8. The minimum absolute atomic E-state index is 0.0622. The number of aromatic carboxylic acids is 1. The van der Waals surface area contributed by atoms with E-state index in [9.17, 15) is 4.79 Å². The summed E-state index contributed by atoms with van der Waals surface area (Å²) in [7, 11) is 0. The molecule has 0 spiro atoms. The number of hydrogen-bond acceptors (Lipinski definition) is 4. The largest absolute Gasteiger partial charge is 0.477 e. The summed E-state index contributed by atoms with van der Waals surface area (Å²) in [6.45, 7) is 1.49. The molecule has 0 radical (unpaired) electrons. The normalized spacial score (nSPS) is 15.6. The first kappa shape index (κ1) is 13.8. The van der Waals surface area contributed by atoms with Gasteiger partial charge in [-0.3, -0.25) is 0 Å². The average molecular weight is 264 g/mol. The number of nitrogens with zero attached hydrogens (tertiary/aromatic N) is 1. The van der Waals surface area contributed by atoms with Gasteiger partial charge in [0.1, 0.15) is 5.82 Å². The fourth-order valence-electron chi connectivity index (χ4n) is 2.25. The molecule has 0 unspecified atom stereocenters. The second-order valence-corrected chi connectivity index (χ2v) is 4.77. The highest BCUT2D eigenvalue weighted by Gasteiger charge is 2.14. The number of pyridine rings is 1. The minimum Gasteiger partial charge on any atom is -0.477 e. The molecule has 5 nitrogen and oxygen atoms in total. The van der Waals surface area contributed by atoms with Crippen LogP contribution in [0.3, 0.4) is 0 Å². The van der Waals surface area contributed by atoms with Crippen LogP contribution in [0.25, 0.3) is 0 Å². The second-order valence-electron chi connectivity index (χ2n) is 4.77. The number of carbonyl (C=O) groups is 1. The minimum atomic E-state index is -1.01. The Bertz CT molecular complexity index is 417. The summed E-state index contributed by atoms with van der Waals surface area (Å²) in [6, 6.07) is 4.94. The molecule has 1 aliphatic rings. The van der Waals surface area contributed by atoms with Gasteiger partial charge in [-0.15, -0.1) is 0 Å². The Morgan fingerprint density at radius 3 is 2.95 bits per heavy atom. The zero-order valence-corrected chi connectivity index (χ0v) is 11.0. The lowest BCUT2D eigenvalue weighted by molar-refractivity contribution is 0.0582. The summed E-state index contributed by atoms with van der Waals surface area (Å²) in [5, 5.41) is 11.9. The van der Waals surface area contributed by atoms with Crippen molar-refractivity contribution in [1.82, 2.24) is 4.98 Å². The third-order valence-electron chi connectivity index (χ3n) is 3.25. The van der Waals surface area contributed by atoms with Crippen LogP contribution in [0.2, 0.25) is 0 Å². The summed E-state index contributed by atoms with van der Waals surface area (Å²) in [5.41, 5.74) is 0.0622. The predicted molar refractivity (Wildman–Crippen MR) is 72.5 cm³/mol. The molecule has 0 aliphatic heterocycles. The fourth-order valence-corrected chi connectivity index (χ4v) is 2.25. The van der Waals surface area contributed by atoms with Crippen molar-refractivity contribution >= 4 is 11.8 Å². The van der Waals surface area contributed by atoms with Crippen LogP contribution < -0.4 is 5.32 Å². The Morgan fingerprint density at radius 2 is 2.21 bits per heavy atom. The molecule has 0 aromatic carbocycles. The van der Waals surface area contributed by atoms with E-state index in [1.54, 1.807) is 12.1 Å². The highest BCUT2D eigenvalue weighted by molar-refractivity contribution is 5.85. The monoisotopic (exact) mass is 264 g/mol. The zero-order chi connectivity index (χ0) is 13.5. The molecule has 104 valence electrons. The number of carboxylic acids is 1. The summed E-state index contributed by atoms with van der Waals surface area (Å²) < 4.78 is 5.75. The molecule has 5 heteroatoms. The van der Waals surface area contributed by atoms with E-state index in [1.807, 2.05) is 0 Å². The molecule has 1 aromatic rings. The van der Waals surface area contributed by atoms with Crippen LogP contribution in [0, 0.1) is 0 Å². The Morgan fingerprint density at radius 1 is 1.42 bits per heavy atom. The molecule has 19 heavy (non-hydrogen) atoms. The average Bonchev–Trinajstić information content (AvgIpc) is 2.92. The highest BCUT2D eigenvalue weighted by Crippen LogP contribution is 2.20. The number of nitrogens with one attached hydrogen (secondary N) is 1. The van der Waals surface area contributed by atoms with Gasteiger partial charge in [0.05, 0.1) is 6.10 Å². The molecule has 1 saturated carbocycles. The Labute approximate surface area is 113 Å². The molecular formula is C14H20N2O3. The number of carboxylic acid groups (broad SMARTS) is 1. The van der Waals surface area contributed by atoms with E-state index in [4.69, 9.17) is 9.84 Å². The Kier molecular flexibility index (Phi) is 5.15. The lowest BCUT2D eigenvalue weighted by Gasteiger charge is -2.11. The molecule has 0 amide bonds. The highest BCUT2D eigenvalue weighted by atomic mass is 16.5. The van der Waals surface area contributed by atoms with Gasteiger partial charge in [-0.25, -0.2) is 9.78 Å². The number of ether oxygens (including phenoxy) is 1. The standard InChI is InChI=1S/C14H20N2O3/c17-14(18)12-7-3-8-13(16-12)15-9-4-10-19-11-5-1-2-6-11/h3,7-8,11H,1-2,4-6,9-10H2,(H,15,16)(H,17,18). The van der Waals surface area contributed by atoms with Crippen molar-refractivity contribution in [1.29, 1.82) is 0 Å². The van der Waals surface area contributed by atoms with Crippen LogP contribution in [0.5, 0.6) is 0 Å². The van der Waals surface area contributed by atoms with Crippen LogP contribution in [0.4, 0.5) is 5.82 Å². The van der Waals surface area contributed by atoms with Crippen molar-refractivity contribution in [3.8, 4) is 0 Å². The maximum atomic E-state index is 10.8. The molecule has 1 heterocycles. The van der Waals surface area contributed by atoms with Gasteiger partial charge in [-0.05, 0) is 31.4 Å². The van der Waals surface area contributed by atoms with Crippen LogP contribution >= 0.6 is 0 Å². The zero-order valence-electron chi connectivity index (χ0n) is 11.0. The first-order chi connectivity index (χ1) is 9.25. The summed E-state index contributed by atoms with van der Waals surface area (Å²) in [6.07, 6.45) is 6.30. The molecule has 2 rings (SSSR count). The van der Waals surface area contributed by atoms with E-state index in [-0.39, 0.29) is 5.69 Å². The van der Waals surface area contributed by atoms with Crippen LogP contribution in [-0.2, 0) is 4.74 Å². The molecule has 1 fully saturated rings. The second kappa shape index (κ2) is 7.09. The van der Waals surface area contributed by atoms with E-state index < -0.39 is 5.97 Å². The van der Waals surface area contributed by atoms with E-state index in [0.29, 0.717) is 11.9 Å². The van der Waals surface area contributed by atoms with Crippen molar-refractivity contribution in [2.45, 2.75) is 38.2 Å². The molecule has 0 atom stereocenters. The summed E-state index contributed by atoms with van der Waals surface area (Å²) in [5.74, 6) is -0.408. The quantitative estimate of drug-likeness (QED) is 0.740. The Hall–Kier alpha value is -1.62.